The summed E-state index contributed by atoms with van der Waals surface area (Å²) in [4.78, 5) is 2.55. The summed E-state index contributed by atoms with van der Waals surface area (Å²) in [5.74, 6) is 0. The van der Waals surface area contributed by atoms with Gasteiger partial charge in [-0.2, -0.15) is 0 Å². The maximum absolute atomic E-state index is 5.62. The minimum absolute atomic E-state index is 0.445. The van der Waals surface area contributed by atoms with Crippen LogP contribution in [-0.2, 0) is 9.47 Å². The van der Waals surface area contributed by atoms with Gasteiger partial charge in [-0.3, -0.25) is 4.90 Å². The minimum Gasteiger partial charge on any atom is -0.383 e. The van der Waals surface area contributed by atoms with Crippen molar-refractivity contribution >= 4 is 0 Å². The molecule has 1 rings (SSSR count). The average molecular weight is 272 g/mol. The van der Waals surface area contributed by atoms with Gasteiger partial charge in [0.15, 0.2) is 0 Å². The van der Waals surface area contributed by atoms with Crippen LogP contribution >= 0.6 is 0 Å². The zero-order chi connectivity index (χ0) is 13.9. The molecule has 0 aromatic heterocycles. The summed E-state index contributed by atoms with van der Waals surface area (Å²) in [6, 6.07) is 0.680. The standard InChI is InChI=1S/C15H32N2O2/c1-4-14(5-2)17(10-12-18-3)9-8-16-13-15-7-6-11-19-15/h14-16H,4-13H2,1-3H3. The second-order valence-corrected chi connectivity index (χ2v) is 5.34. The molecule has 1 aliphatic heterocycles. The van der Waals surface area contributed by atoms with E-state index in [9.17, 15) is 0 Å². The summed E-state index contributed by atoms with van der Waals surface area (Å²) in [7, 11) is 1.78. The fraction of sp³-hybridized carbons (Fsp3) is 1.00. The fourth-order valence-corrected chi connectivity index (χ4v) is 2.78. The highest BCUT2D eigenvalue weighted by Gasteiger charge is 2.16. The van der Waals surface area contributed by atoms with Gasteiger partial charge in [-0.25, -0.2) is 0 Å². The summed E-state index contributed by atoms with van der Waals surface area (Å²) in [5, 5.41) is 3.53. The van der Waals surface area contributed by atoms with Crippen molar-refractivity contribution in [2.45, 2.75) is 51.7 Å². The predicted molar refractivity (Wildman–Crippen MR) is 79.7 cm³/mol. The average Bonchev–Trinajstić information content (AvgIpc) is 2.94. The zero-order valence-corrected chi connectivity index (χ0v) is 13.0. The Labute approximate surface area is 118 Å². The molecule has 0 aliphatic carbocycles. The van der Waals surface area contributed by atoms with E-state index >= 15 is 0 Å². The highest BCUT2D eigenvalue weighted by molar-refractivity contribution is 4.72. The first-order valence-electron chi connectivity index (χ1n) is 7.87. The number of hydrogen-bond acceptors (Lipinski definition) is 4. The maximum Gasteiger partial charge on any atom is 0.0700 e. The van der Waals surface area contributed by atoms with Crippen LogP contribution < -0.4 is 5.32 Å². The highest BCUT2D eigenvalue weighted by atomic mass is 16.5. The SMILES string of the molecule is CCC(CC)N(CCNCC1CCCO1)CCOC. The lowest BCUT2D eigenvalue weighted by Crippen LogP contribution is -2.42. The van der Waals surface area contributed by atoms with Crippen LogP contribution in [0, 0.1) is 0 Å². The Balaban J connectivity index is 2.18. The number of rotatable bonds is 11. The van der Waals surface area contributed by atoms with E-state index in [1.165, 1.54) is 25.7 Å². The van der Waals surface area contributed by atoms with Crippen molar-refractivity contribution in [1.82, 2.24) is 10.2 Å². The lowest BCUT2D eigenvalue weighted by atomic mass is 10.1. The summed E-state index contributed by atoms with van der Waals surface area (Å²) < 4.78 is 10.8. The van der Waals surface area contributed by atoms with E-state index < -0.39 is 0 Å². The molecule has 19 heavy (non-hydrogen) atoms. The smallest absolute Gasteiger partial charge is 0.0700 e. The minimum atomic E-state index is 0.445. The van der Waals surface area contributed by atoms with Gasteiger partial charge in [0.1, 0.15) is 0 Å². The Kier molecular flexibility index (Phi) is 9.43. The Hall–Kier alpha value is -0.160. The fourth-order valence-electron chi connectivity index (χ4n) is 2.78. The molecule has 0 saturated carbocycles. The van der Waals surface area contributed by atoms with E-state index in [1.54, 1.807) is 7.11 Å². The van der Waals surface area contributed by atoms with Crippen molar-refractivity contribution in [3.05, 3.63) is 0 Å². The predicted octanol–water partition coefficient (Wildman–Crippen LogP) is 1.89. The topological polar surface area (TPSA) is 33.7 Å². The van der Waals surface area contributed by atoms with Crippen LogP contribution in [0.15, 0.2) is 0 Å². The van der Waals surface area contributed by atoms with Crippen molar-refractivity contribution in [2.24, 2.45) is 0 Å². The lowest BCUT2D eigenvalue weighted by Gasteiger charge is -2.30. The van der Waals surface area contributed by atoms with Gasteiger partial charge < -0.3 is 14.8 Å². The number of nitrogens with zero attached hydrogens (tertiary/aromatic N) is 1. The van der Waals surface area contributed by atoms with Crippen LogP contribution in [0.3, 0.4) is 0 Å². The van der Waals surface area contributed by atoms with Gasteiger partial charge in [-0.05, 0) is 25.7 Å². The van der Waals surface area contributed by atoms with Gasteiger partial charge in [0.25, 0.3) is 0 Å². The number of methoxy groups -OCH3 is 1. The van der Waals surface area contributed by atoms with Crippen LogP contribution in [0.4, 0.5) is 0 Å². The molecular weight excluding hydrogens is 240 g/mol. The molecule has 0 bridgehead atoms. The van der Waals surface area contributed by atoms with Crippen LogP contribution in [-0.4, -0.2) is 63.5 Å². The van der Waals surface area contributed by atoms with E-state index in [1.807, 2.05) is 0 Å². The third kappa shape index (κ3) is 6.70. The molecule has 4 heteroatoms. The first kappa shape index (κ1) is 16.9. The largest absolute Gasteiger partial charge is 0.383 e. The summed E-state index contributed by atoms with van der Waals surface area (Å²) in [6.45, 7) is 10.5. The molecule has 1 heterocycles. The quantitative estimate of drug-likeness (QED) is 0.582. The molecule has 0 spiro atoms. The molecule has 0 aromatic rings. The second kappa shape index (κ2) is 10.6. The van der Waals surface area contributed by atoms with E-state index in [0.29, 0.717) is 12.1 Å². The van der Waals surface area contributed by atoms with Gasteiger partial charge in [-0.1, -0.05) is 13.8 Å². The molecule has 0 radical (unpaired) electrons. The Morgan fingerprint density at radius 2 is 2.11 bits per heavy atom. The third-order valence-electron chi connectivity index (χ3n) is 4.01. The maximum atomic E-state index is 5.62. The van der Waals surface area contributed by atoms with E-state index in [0.717, 1.165) is 39.4 Å². The normalized spacial score (nSPS) is 19.7. The van der Waals surface area contributed by atoms with Gasteiger partial charge >= 0.3 is 0 Å². The van der Waals surface area contributed by atoms with Crippen LogP contribution in [0.25, 0.3) is 0 Å². The molecule has 114 valence electrons. The first-order valence-corrected chi connectivity index (χ1v) is 7.87. The van der Waals surface area contributed by atoms with Crippen LogP contribution in [0.1, 0.15) is 39.5 Å². The highest BCUT2D eigenvalue weighted by Crippen LogP contribution is 2.11. The molecule has 0 aromatic carbocycles. The van der Waals surface area contributed by atoms with Crippen LogP contribution in [0.2, 0.25) is 0 Å². The molecule has 1 saturated heterocycles. The summed E-state index contributed by atoms with van der Waals surface area (Å²) in [6.07, 6.45) is 5.31. The van der Waals surface area contributed by atoms with Crippen molar-refractivity contribution in [2.75, 3.05) is 46.5 Å². The third-order valence-corrected chi connectivity index (χ3v) is 4.01. The first-order chi connectivity index (χ1) is 9.31. The molecular formula is C15H32N2O2. The Bertz CT molecular complexity index is 204. The van der Waals surface area contributed by atoms with Gasteiger partial charge in [-0.15, -0.1) is 0 Å². The molecule has 4 nitrogen and oxygen atoms in total. The van der Waals surface area contributed by atoms with Crippen molar-refractivity contribution < 1.29 is 9.47 Å². The van der Waals surface area contributed by atoms with E-state index in [4.69, 9.17) is 9.47 Å². The molecule has 1 N–H and O–H groups in total. The van der Waals surface area contributed by atoms with Crippen molar-refractivity contribution in [3.8, 4) is 0 Å². The zero-order valence-electron chi connectivity index (χ0n) is 13.0. The molecule has 1 unspecified atom stereocenters. The Morgan fingerprint density at radius 3 is 2.68 bits per heavy atom. The van der Waals surface area contributed by atoms with Gasteiger partial charge in [0.2, 0.25) is 0 Å². The van der Waals surface area contributed by atoms with Crippen molar-refractivity contribution in [1.29, 1.82) is 0 Å². The summed E-state index contributed by atoms with van der Waals surface area (Å²) in [5.41, 5.74) is 0. The van der Waals surface area contributed by atoms with Gasteiger partial charge in [0, 0.05) is 45.9 Å². The second-order valence-electron chi connectivity index (χ2n) is 5.34. The lowest BCUT2D eigenvalue weighted by molar-refractivity contribution is 0.102. The van der Waals surface area contributed by atoms with Gasteiger partial charge in [0.05, 0.1) is 12.7 Å². The Morgan fingerprint density at radius 1 is 1.32 bits per heavy atom. The molecule has 1 aliphatic rings. The number of hydrogen-bond donors (Lipinski definition) is 1. The summed E-state index contributed by atoms with van der Waals surface area (Å²) >= 11 is 0. The monoisotopic (exact) mass is 272 g/mol. The molecule has 0 amide bonds. The van der Waals surface area contributed by atoms with Crippen LogP contribution in [0.5, 0.6) is 0 Å². The van der Waals surface area contributed by atoms with E-state index in [-0.39, 0.29) is 0 Å². The molecule has 1 atom stereocenters. The van der Waals surface area contributed by atoms with E-state index in [2.05, 4.69) is 24.1 Å². The number of ether oxygens (including phenoxy) is 2. The number of nitrogens with one attached hydrogen (secondary N) is 1. The molecule has 1 fully saturated rings. The van der Waals surface area contributed by atoms with Crippen molar-refractivity contribution in [3.63, 3.8) is 0 Å².